The fourth-order valence-electron chi connectivity index (χ4n) is 2.81. The van der Waals surface area contributed by atoms with Crippen molar-refractivity contribution in [1.29, 1.82) is 0 Å². The first-order valence-electron chi connectivity index (χ1n) is 6.91. The normalized spacial score (nSPS) is 25.4. The van der Waals surface area contributed by atoms with Crippen LogP contribution in [-0.2, 0) is 11.8 Å². The van der Waals surface area contributed by atoms with E-state index in [2.05, 4.69) is 5.10 Å². The van der Waals surface area contributed by atoms with Gasteiger partial charge in [-0.3, -0.25) is 9.48 Å². The molecule has 0 saturated carbocycles. The lowest BCUT2D eigenvalue weighted by Crippen LogP contribution is -2.65. The van der Waals surface area contributed by atoms with E-state index in [4.69, 9.17) is 4.74 Å². The number of aromatic nitrogens is 2. The Labute approximate surface area is 127 Å². The predicted octanol–water partition coefficient (Wildman–Crippen LogP) is 2.30. The van der Waals surface area contributed by atoms with Crippen molar-refractivity contribution in [2.24, 2.45) is 7.05 Å². The van der Waals surface area contributed by atoms with E-state index in [1.165, 1.54) is 9.58 Å². The Hall–Kier alpha value is -1.57. The molecule has 1 aliphatic heterocycles. The molecule has 22 heavy (non-hydrogen) atoms. The van der Waals surface area contributed by atoms with Crippen molar-refractivity contribution in [2.75, 3.05) is 13.1 Å². The molecule has 0 aliphatic carbocycles. The average Bonchev–Trinajstić information content (AvgIpc) is 2.63. The summed E-state index contributed by atoms with van der Waals surface area (Å²) in [5, 5.41) is 4.05. The van der Waals surface area contributed by atoms with Gasteiger partial charge in [0.1, 0.15) is 0 Å². The van der Waals surface area contributed by atoms with Crippen LogP contribution in [0.2, 0.25) is 0 Å². The third kappa shape index (κ3) is 2.97. The second kappa shape index (κ2) is 4.97. The molecule has 1 saturated heterocycles. The second-order valence-electron chi connectivity index (χ2n) is 6.59. The van der Waals surface area contributed by atoms with Crippen molar-refractivity contribution in [2.45, 2.75) is 45.1 Å². The molecule has 1 fully saturated rings. The van der Waals surface area contributed by atoms with Gasteiger partial charge in [0.15, 0.2) is 11.3 Å². The van der Waals surface area contributed by atoms with Gasteiger partial charge in [0, 0.05) is 25.4 Å². The fraction of sp³-hybridized carbons (Fsp3) is 0.714. The number of hydrogen-bond donors (Lipinski definition) is 0. The number of morpholine rings is 1. The lowest BCUT2D eigenvalue weighted by Gasteiger charge is -2.48. The summed E-state index contributed by atoms with van der Waals surface area (Å²) in [5.41, 5.74) is -2.69. The highest BCUT2D eigenvalue weighted by Crippen LogP contribution is 2.40. The molecular weight excluding hydrogens is 299 g/mol. The molecule has 8 heteroatoms. The summed E-state index contributed by atoms with van der Waals surface area (Å²) in [4.78, 5) is 13.7. The van der Waals surface area contributed by atoms with Crippen LogP contribution in [0.5, 0.6) is 0 Å². The average molecular weight is 319 g/mol. The molecule has 1 aromatic heterocycles. The summed E-state index contributed by atoms with van der Waals surface area (Å²) in [6.45, 7) is 5.29. The van der Waals surface area contributed by atoms with E-state index in [-0.39, 0.29) is 12.2 Å². The molecule has 1 amide bonds. The highest BCUT2D eigenvalue weighted by molar-refractivity contribution is 5.93. The molecular formula is C14H20F3N3O2. The topological polar surface area (TPSA) is 47.4 Å². The summed E-state index contributed by atoms with van der Waals surface area (Å²) in [7, 11) is 1.66. The van der Waals surface area contributed by atoms with Gasteiger partial charge < -0.3 is 9.64 Å². The van der Waals surface area contributed by atoms with E-state index < -0.39 is 29.8 Å². The Balaban J connectivity index is 2.35. The molecule has 2 heterocycles. The van der Waals surface area contributed by atoms with Crippen molar-refractivity contribution in [3.63, 3.8) is 0 Å². The summed E-state index contributed by atoms with van der Waals surface area (Å²) in [6, 6.07) is 0. The van der Waals surface area contributed by atoms with Crippen LogP contribution >= 0.6 is 0 Å². The molecule has 2 rings (SSSR count). The minimum Gasteiger partial charge on any atom is -0.356 e. The van der Waals surface area contributed by atoms with Crippen molar-refractivity contribution in [3.05, 3.63) is 17.5 Å². The summed E-state index contributed by atoms with van der Waals surface area (Å²) < 4.78 is 46.6. The monoisotopic (exact) mass is 319 g/mol. The summed E-state index contributed by atoms with van der Waals surface area (Å²) >= 11 is 0. The van der Waals surface area contributed by atoms with E-state index in [1.54, 1.807) is 34.0 Å². The third-order valence-electron chi connectivity index (χ3n) is 3.67. The van der Waals surface area contributed by atoms with Crippen molar-refractivity contribution in [3.8, 4) is 0 Å². The molecule has 1 aliphatic rings. The van der Waals surface area contributed by atoms with Crippen LogP contribution in [0.3, 0.4) is 0 Å². The summed E-state index contributed by atoms with van der Waals surface area (Å²) in [5.74, 6) is -0.509. The zero-order valence-electron chi connectivity index (χ0n) is 13.3. The Bertz CT molecular complexity index is 595. The van der Waals surface area contributed by atoms with Crippen LogP contribution < -0.4 is 0 Å². The van der Waals surface area contributed by atoms with Gasteiger partial charge in [-0.05, 0) is 27.7 Å². The van der Waals surface area contributed by atoms with Crippen molar-refractivity contribution < 1.29 is 22.7 Å². The number of hydrogen-bond acceptors (Lipinski definition) is 3. The fourth-order valence-corrected chi connectivity index (χ4v) is 2.81. The van der Waals surface area contributed by atoms with E-state index in [0.29, 0.717) is 5.56 Å². The van der Waals surface area contributed by atoms with Gasteiger partial charge in [-0.2, -0.15) is 18.3 Å². The maximum absolute atomic E-state index is 13.3. The quantitative estimate of drug-likeness (QED) is 0.798. The molecule has 1 aromatic rings. The Morgan fingerprint density at radius 1 is 1.32 bits per heavy atom. The molecule has 0 aromatic carbocycles. The van der Waals surface area contributed by atoms with Crippen LogP contribution in [0.25, 0.3) is 0 Å². The maximum atomic E-state index is 13.3. The molecule has 0 radical (unpaired) electrons. The number of amides is 1. The van der Waals surface area contributed by atoms with Gasteiger partial charge in [-0.15, -0.1) is 0 Å². The maximum Gasteiger partial charge on any atom is 0.418 e. The van der Waals surface area contributed by atoms with E-state index in [9.17, 15) is 18.0 Å². The van der Waals surface area contributed by atoms with Crippen LogP contribution in [0.15, 0.2) is 6.20 Å². The van der Waals surface area contributed by atoms with Crippen LogP contribution in [0.4, 0.5) is 13.2 Å². The van der Waals surface area contributed by atoms with Crippen LogP contribution in [-0.4, -0.2) is 51.1 Å². The molecule has 1 atom stereocenters. The van der Waals surface area contributed by atoms with Crippen LogP contribution in [0, 0.1) is 6.92 Å². The lowest BCUT2D eigenvalue weighted by atomic mass is 9.96. The highest BCUT2D eigenvalue weighted by Gasteiger charge is 2.58. The van der Waals surface area contributed by atoms with Gasteiger partial charge in [0.05, 0.1) is 12.1 Å². The first-order valence-corrected chi connectivity index (χ1v) is 6.91. The Kier molecular flexibility index (Phi) is 3.80. The highest BCUT2D eigenvalue weighted by atomic mass is 19.4. The predicted molar refractivity (Wildman–Crippen MR) is 73.5 cm³/mol. The second-order valence-corrected chi connectivity index (χ2v) is 6.59. The first kappa shape index (κ1) is 16.8. The summed E-state index contributed by atoms with van der Waals surface area (Å²) in [6.07, 6.45) is -2.91. The number of alkyl halides is 3. The number of rotatable bonds is 1. The van der Waals surface area contributed by atoms with Gasteiger partial charge in [-0.25, -0.2) is 0 Å². The van der Waals surface area contributed by atoms with Gasteiger partial charge in [-0.1, -0.05) is 0 Å². The zero-order valence-corrected chi connectivity index (χ0v) is 13.3. The van der Waals surface area contributed by atoms with Gasteiger partial charge in [0.2, 0.25) is 0 Å². The van der Waals surface area contributed by atoms with E-state index in [1.807, 2.05) is 0 Å². The molecule has 124 valence electrons. The molecule has 0 bridgehead atoms. The minimum absolute atomic E-state index is 0.0769. The SMILES string of the molecule is Cc1cn(C)nc1C(=O)N1CC(C)(C)O[C@](C)(C(F)(F)F)C1. The van der Waals surface area contributed by atoms with Crippen molar-refractivity contribution in [1.82, 2.24) is 14.7 Å². The molecule has 0 spiro atoms. The Morgan fingerprint density at radius 3 is 2.36 bits per heavy atom. The third-order valence-corrected chi connectivity index (χ3v) is 3.67. The smallest absolute Gasteiger partial charge is 0.356 e. The van der Waals surface area contributed by atoms with E-state index >= 15 is 0 Å². The lowest BCUT2D eigenvalue weighted by molar-refractivity contribution is -0.318. The molecule has 0 N–H and O–H groups in total. The number of carbonyl (C=O) groups excluding carboxylic acids is 1. The number of halogens is 3. The Morgan fingerprint density at radius 2 is 1.91 bits per heavy atom. The molecule has 0 unspecified atom stereocenters. The minimum atomic E-state index is -4.57. The molecule has 5 nitrogen and oxygen atoms in total. The number of carbonyl (C=O) groups is 1. The van der Waals surface area contributed by atoms with Crippen LogP contribution in [0.1, 0.15) is 36.8 Å². The van der Waals surface area contributed by atoms with Gasteiger partial charge >= 0.3 is 6.18 Å². The number of nitrogens with zero attached hydrogens (tertiary/aromatic N) is 3. The first-order chi connectivity index (χ1) is 9.85. The number of aryl methyl sites for hydroxylation is 2. The number of ether oxygens (including phenoxy) is 1. The standard InChI is InChI=1S/C14H20F3N3O2/c1-9-6-19(5)18-10(9)11(21)20-7-12(2,3)22-13(4,8-20)14(15,16)17/h6H,7-8H2,1-5H3/t13-/m0/s1. The largest absolute Gasteiger partial charge is 0.418 e. The zero-order chi connectivity index (χ0) is 16.9. The van der Waals surface area contributed by atoms with Gasteiger partial charge in [0.25, 0.3) is 5.91 Å². The van der Waals surface area contributed by atoms with E-state index in [0.717, 1.165) is 6.92 Å². The van der Waals surface area contributed by atoms with Crippen molar-refractivity contribution >= 4 is 5.91 Å².